The lowest BCUT2D eigenvalue weighted by Crippen LogP contribution is -2.24. The Labute approximate surface area is 113 Å². The van der Waals surface area contributed by atoms with Gasteiger partial charge >= 0.3 is 0 Å². The molecular weight excluding hydrogens is 236 g/mol. The zero-order valence-corrected chi connectivity index (χ0v) is 11.5. The van der Waals surface area contributed by atoms with Gasteiger partial charge in [-0.3, -0.25) is 4.98 Å². The summed E-state index contributed by atoms with van der Waals surface area (Å²) in [4.78, 5) is 4.10. The third-order valence-electron chi connectivity index (χ3n) is 3.51. The van der Waals surface area contributed by atoms with E-state index in [9.17, 15) is 0 Å². The molecule has 0 spiro atoms. The highest BCUT2D eigenvalue weighted by molar-refractivity contribution is 5.41. The number of hydrogen-bond acceptors (Lipinski definition) is 3. The molecule has 0 radical (unpaired) electrons. The molecule has 1 atom stereocenters. The van der Waals surface area contributed by atoms with E-state index in [0.717, 1.165) is 25.2 Å². The molecule has 0 bridgehead atoms. The monoisotopic (exact) mass is 256 g/mol. The van der Waals surface area contributed by atoms with Gasteiger partial charge in [0.05, 0.1) is 11.7 Å². The number of anilines is 1. The third kappa shape index (κ3) is 2.48. The molecule has 0 aromatic carbocycles. The summed E-state index contributed by atoms with van der Waals surface area (Å²) in [6.45, 7) is 5.46. The van der Waals surface area contributed by atoms with Crippen molar-refractivity contribution in [2.24, 2.45) is 5.92 Å². The van der Waals surface area contributed by atoms with E-state index in [4.69, 9.17) is 5.10 Å². The standard InChI is InChI=1S/C15H20N4/c1-11(2)9-13-10-15-17-8-5-14(19(15)18-13)12-3-6-16-7-4-12/h3-4,6-7,10-11,14,17H,5,8-9H2,1-2H3. The average Bonchev–Trinajstić information content (AvgIpc) is 2.80. The zero-order valence-electron chi connectivity index (χ0n) is 11.5. The van der Waals surface area contributed by atoms with Gasteiger partial charge in [-0.05, 0) is 36.5 Å². The lowest BCUT2D eigenvalue weighted by Gasteiger charge is -2.25. The van der Waals surface area contributed by atoms with Crippen LogP contribution >= 0.6 is 0 Å². The lowest BCUT2D eigenvalue weighted by molar-refractivity contribution is 0.474. The third-order valence-corrected chi connectivity index (χ3v) is 3.51. The van der Waals surface area contributed by atoms with E-state index in [-0.39, 0.29) is 0 Å². The molecule has 2 aromatic rings. The second kappa shape index (κ2) is 5.03. The molecule has 0 saturated carbocycles. The maximum Gasteiger partial charge on any atom is 0.125 e. The minimum atomic E-state index is 0.333. The van der Waals surface area contributed by atoms with Crippen LogP contribution in [0.25, 0.3) is 0 Å². The second-order valence-electron chi connectivity index (χ2n) is 5.58. The normalized spacial score (nSPS) is 18.2. The van der Waals surface area contributed by atoms with Crippen molar-refractivity contribution in [3.8, 4) is 0 Å². The summed E-state index contributed by atoms with van der Waals surface area (Å²) in [6, 6.07) is 6.70. The van der Waals surface area contributed by atoms with E-state index in [0.29, 0.717) is 12.0 Å². The summed E-state index contributed by atoms with van der Waals surface area (Å²) in [5, 5.41) is 8.22. The summed E-state index contributed by atoms with van der Waals surface area (Å²) >= 11 is 0. The number of aromatic nitrogens is 3. The van der Waals surface area contributed by atoms with Crippen molar-refractivity contribution < 1.29 is 0 Å². The van der Waals surface area contributed by atoms with Gasteiger partial charge < -0.3 is 5.32 Å². The van der Waals surface area contributed by atoms with Gasteiger partial charge in [0.1, 0.15) is 5.82 Å². The number of fused-ring (bicyclic) bond motifs is 1. The van der Waals surface area contributed by atoms with Gasteiger partial charge in [-0.1, -0.05) is 13.8 Å². The highest BCUT2D eigenvalue weighted by Crippen LogP contribution is 2.29. The maximum absolute atomic E-state index is 4.78. The molecule has 2 aromatic heterocycles. The molecule has 100 valence electrons. The lowest BCUT2D eigenvalue weighted by atomic mass is 10.0. The fourth-order valence-electron chi connectivity index (χ4n) is 2.69. The molecule has 3 rings (SSSR count). The molecule has 0 amide bonds. The van der Waals surface area contributed by atoms with Crippen LogP contribution < -0.4 is 5.32 Å². The van der Waals surface area contributed by atoms with E-state index < -0.39 is 0 Å². The molecule has 4 nitrogen and oxygen atoms in total. The number of hydrogen-bond donors (Lipinski definition) is 1. The first-order valence-corrected chi connectivity index (χ1v) is 6.96. The van der Waals surface area contributed by atoms with Crippen molar-refractivity contribution in [1.82, 2.24) is 14.8 Å². The second-order valence-corrected chi connectivity index (χ2v) is 5.58. The molecule has 3 heterocycles. The SMILES string of the molecule is CC(C)Cc1cc2n(n1)C(c1ccncc1)CCN2. The molecule has 0 fully saturated rings. The van der Waals surface area contributed by atoms with Crippen LogP contribution in [0.5, 0.6) is 0 Å². The zero-order chi connectivity index (χ0) is 13.2. The number of nitrogens with one attached hydrogen (secondary N) is 1. The largest absolute Gasteiger partial charge is 0.370 e. The Morgan fingerprint density at radius 2 is 2.16 bits per heavy atom. The fraction of sp³-hybridized carbons (Fsp3) is 0.467. The van der Waals surface area contributed by atoms with Crippen LogP contribution in [0.2, 0.25) is 0 Å². The summed E-state index contributed by atoms with van der Waals surface area (Å²) < 4.78 is 2.14. The van der Waals surface area contributed by atoms with E-state index in [2.05, 4.69) is 47.0 Å². The van der Waals surface area contributed by atoms with Crippen LogP contribution in [0.3, 0.4) is 0 Å². The fourth-order valence-corrected chi connectivity index (χ4v) is 2.69. The van der Waals surface area contributed by atoms with Gasteiger partial charge in [0.2, 0.25) is 0 Å². The van der Waals surface area contributed by atoms with Gasteiger partial charge in [-0.2, -0.15) is 5.10 Å². The molecule has 0 saturated heterocycles. The minimum absolute atomic E-state index is 0.333. The van der Waals surface area contributed by atoms with Crippen molar-refractivity contribution >= 4 is 5.82 Å². The Hall–Kier alpha value is -1.84. The molecular formula is C15H20N4. The van der Waals surface area contributed by atoms with E-state index >= 15 is 0 Å². The number of rotatable bonds is 3. The van der Waals surface area contributed by atoms with Crippen molar-refractivity contribution in [2.75, 3.05) is 11.9 Å². The van der Waals surface area contributed by atoms with Gasteiger partial charge in [0.15, 0.2) is 0 Å². The van der Waals surface area contributed by atoms with E-state index in [1.165, 1.54) is 11.3 Å². The Morgan fingerprint density at radius 1 is 1.37 bits per heavy atom. The Balaban J connectivity index is 1.93. The first-order chi connectivity index (χ1) is 9.24. The molecule has 4 heteroatoms. The van der Waals surface area contributed by atoms with Crippen molar-refractivity contribution in [3.05, 3.63) is 41.9 Å². The Kier molecular flexibility index (Phi) is 3.23. The molecule has 1 N–H and O–H groups in total. The van der Waals surface area contributed by atoms with Crippen molar-refractivity contribution in [3.63, 3.8) is 0 Å². The van der Waals surface area contributed by atoms with Gasteiger partial charge in [0, 0.05) is 25.0 Å². The summed E-state index contributed by atoms with van der Waals surface area (Å²) in [7, 11) is 0. The Bertz CT molecular complexity index is 545. The molecule has 0 aliphatic carbocycles. The highest BCUT2D eigenvalue weighted by Gasteiger charge is 2.23. The average molecular weight is 256 g/mol. The smallest absolute Gasteiger partial charge is 0.125 e. The number of pyridine rings is 1. The van der Waals surface area contributed by atoms with Crippen LogP contribution in [0.4, 0.5) is 5.82 Å². The molecule has 19 heavy (non-hydrogen) atoms. The minimum Gasteiger partial charge on any atom is -0.370 e. The predicted molar refractivity (Wildman–Crippen MR) is 76.3 cm³/mol. The van der Waals surface area contributed by atoms with Gasteiger partial charge in [0.25, 0.3) is 0 Å². The van der Waals surface area contributed by atoms with Gasteiger partial charge in [-0.15, -0.1) is 0 Å². The topological polar surface area (TPSA) is 42.7 Å². The molecule has 1 aliphatic rings. The highest BCUT2D eigenvalue weighted by atomic mass is 15.4. The van der Waals surface area contributed by atoms with Crippen LogP contribution in [0.1, 0.15) is 37.6 Å². The molecule has 1 unspecified atom stereocenters. The van der Waals surface area contributed by atoms with Crippen LogP contribution in [-0.4, -0.2) is 21.3 Å². The first-order valence-electron chi connectivity index (χ1n) is 6.96. The first kappa shape index (κ1) is 12.2. The predicted octanol–water partition coefficient (Wildman–Crippen LogP) is 2.88. The summed E-state index contributed by atoms with van der Waals surface area (Å²) in [6.07, 6.45) is 5.82. The Morgan fingerprint density at radius 3 is 2.89 bits per heavy atom. The van der Waals surface area contributed by atoms with Crippen LogP contribution in [0.15, 0.2) is 30.6 Å². The van der Waals surface area contributed by atoms with Crippen molar-refractivity contribution in [2.45, 2.75) is 32.7 Å². The van der Waals surface area contributed by atoms with Crippen molar-refractivity contribution in [1.29, 1.82) is 0 Å². The van der Waals surface area contributed by atoms with Crippen LogP contribution in [0, 0.1) is 5.92 Å². The summed E-state index contributed by atoms with van der Waals surface area (Å²) in [5.74, 6) is 1.78. The van der Waals surface area contributed by atoms with Crippen LogP contribution in [-0.2, 0) is 6.42 Å². The van der Waals surface area contributed by atoms with E-state index in [1.807, 2.05) is 12.4 Å². The molecule has 1 aliphatic heterocycles. The maximum atomic E-state index is 4.78. The number of nitrogens with zero attached hydrogens (tertiary/aromatic N) is 3. The van der Waals surface area contributed by atoms with E-state index in [1.54, 1.807) is 0 Å². The quantitative estimate of drug-likeness (QED) is 0.918. The van der Waals surface area contributed by atoms with Gasteiger partial charge in [-0.25, -0.2) is 4.68 Å². The summed E-state index contributed by atoms with van der Waals surface area (Å²) in [5.41, 5.74) is 2.47.